The Balaban J connectivity index is 1.92. The molecule has 1 heterocycles. The molecule has 0 amide bonds. The lowest BCUT2D eigenvalue weighted by Gasteiger charge is -2.46. The first-order valence-electron chi connectivity index (χ1n) is 7.70. The smallest absolute Gasteiger partial charge is 0.402 e. The van der Waals surface area contributed by atoms with Gasteiger partial charge in [-0.2, -0.15) is 0 Å². The Bertz CT molecular complexity index is 924. The molecule has 2 aromatic rings. The topological polar surface area (TPSA) is 193 Å². The standard InChI is InChI=1S/C14H16BrClNO10P/c15-4-1-2-5-7(8(4)16)6(3-17-5)26-28(24,25)27-14(23)12(21)10(19)9(18)11(20)13(14)22/h1-3,9-13,17-23H,(H,24,25)/t9?,10-,11+,12-,13-,14?/m1/s1. The summed E-state index contributed by atoms with van der Waals surface area (Å²) in [4.78, 5) is 12.8. The third kappa shape index (κ3) is 3.59. The van der Waals surface area contributed by atoms with Crippen LogP contribution in [0.1, 0.15) is 0 Å². The van der Waals surface area contributed by atoms with Gasteiger partial charge in [-0.1, -0.05) is 11.6 Å². The van der Waals surface area contributed by atoms with Gasteiger partial charge in [0, 0.05) is 10.7 Å². The summed E-state index contributed by atoms with van der Waals surface area (Å²) in [7, 11) is -5.27. The molecule has 1 aliphatic rings. The average molecular weight is 505 g/mol. The molecule has 3 unspecified atom stereocenters. The Kier molecular flexibility index (Phi) is 5.87. The molecular weight excluding hydrogens is 488 g/mol. The molecule has 11 nitrogen and oxygen atoms in total. The number of aromatic nitrogens is 1. The zero-order valence-electron chi connectivity index (χ0n) is 13.7. The number of aliphatic hydroxyl groups is 6. The van der Waals surface area contributed by atoms with E-state index in [-0.39, 0.29) is 16.2 Å². The molecule has 14 heteroatoms. The van der Waals surface area contributed by atoms with Crippen molar-refractivity contribution in [3.8, 4) is 5.75 Å². The molecule has 1 saturated carbocycles. The number of halogens is 2. The van der Waals surface area contributed by atoms with Crippen LogP contribution < -0.4 is 4.52 Å². The van der Waals surface area contributed by atoms with Crippen molar-refractivity contribution in [2.45, 2.75) is 36.3 Å². The van der Waals surface area contributed by atoms with Gasteiger partial charge < -0.3 is 40.1 Å². The van der Waals surface area contributed by atoms with Gasteiger partial charge in [-0.05, 0) is 28.1 Å². The highest BCUT2D eigenvalue weighted by Gasteiger charge is 2.61. The summed E-state index contributed by atoms with van der Waals surface area (Å²) in [5.74, 6) is -3.59. The maximum atomic E-state index is 12.4. The van der Waals surface area contributed by atoms with Crippen molar-refractivity contribution in [1.82, 2.24) is 4.98 Å². The maximum Gasteiger partial charge on any atom is 0.530 e. The normalized spacial score (nSPS) is 35.7. The molecule has 156 valence electrons. The van der Waals surface area contributed by atoms with E-state index < -0.39 is 44.1 Å². The van der Waals surface area contributed by atoms with E-state index in [2.05, 4.69) is 25.4 Å². The van der Waals surface area contributed by atoms with Crippen LogP contribution in [0.2, 0.25) is 5.02 Å². The molecule has 1 fully saturated rings. The number of hydrogen-bond acceptors (Lipinski definition) is 9. The number of benzene rings is 1. The Hall–Kier alpha value is -0.760. The minimum absolute atomic E-state index is 0.138. The van der Waals surface area contributed by atoms with Crippen molar-refractivity contribution in [1.29, 1.82) is 0 Å². The summed E-state index contributed by atoms with van der Waals surface area (Å²) < 4.78 is 22.3. The van der Waals surface area contributed by atoms with E-state index in [0.717, 1.165) is 0 Å². The fraction of sp³-hybridized carbons (Fsp3) is 0.429. The van der Waals surface area contributed by atoms with Gasteiger partial charge >= 0.3 is 7.82 Å². The van der Waals surface area contributed by atoms with E-state index >= 15 is 0 Å². The highest BCUT2D eigenvalue weighted by molar-refractivity contribution is 9.10. The summed E-state index contributed by atoms with van der Waals surface area (Å²) in [6, 6.07) is 3.21. The highest BCUT2D eigenvalue weighted by atomic mass is 79.9. The van der Waals surface area contributed by atoms with Crippen LogP contribution >= 0.6 is 35.4 Å². The van der Waals surface area contributed by atoms with Crippen molar-refractivity contribution in [3.63, 3.8) is 0 Å². The zero-order valence-corrected chi connectivity index (χ0v) is 16.9. The summed E-state index contributed by atoms with van der Waals surface area (Å²) >= 11 is 9.33. The predicted molar refractivity (Wildman–Crippen MR) is 97.5 cm³/mol. The van der Waals surface area contributed by atoms with Crippen LogP contribution in [0, 0.1) is 0 Å². The Morgan fingerprint density at radius 2 is 1.68 bits per heavy atom. The monoisotopic (exact) mass is 503 g/mol. The van der Waals surface area contributed by atoms with Crippen LogP contribution in [0.15, 0.2) is 22.8 Å². The first-order valence-corrected chi connectivity index (χ1v) is 10.4. The van der Waals surface area contributed by atoms with Crippen molar-refractivity contribution in [2.75, 3.05) is 0 Å². The second kappa shape index (κ2) is 7.49. The summed E-state index contributed by atoms with van der Waals surface area (Å²) in [5.41, 5.74) is 0.439. The lowest BCUT2D eigenvalue weighted by Crippen LogP contribution is -2.71. The van der Waals surface area contributed by atoms with Crippen LogP contribution in [-0.4, -0.2) is 76.8 Å². The van der Waals surface area contributed by atoms with E-state index in [9.17, 15) is 40.1 Å². The number of phosphoric acid groups is 1. The Labute approximate surface area is 170 Å². The Morgan fingerprint density at radius 3 is 2.25 bits per heavy atom. The van der Waals surface area contributed by atoms with Gasteiger partial charge in [-0.25, -0.2) is 9.09 Å². The number of H-pyrrole nitrogens is 1. The second-order valence-corrected chi connectivity index (χ2v) is 8.74. The molecule has 8 N–H and O–H groups in total. The van der Waals surface area contributed by atoms with Gasteiger partial charge in [0.25, 0.3) is 0 Å². The van der Waals surface area contributed by atoms with Gasteiger partial charge in [0.2, 0.25) is 5.79 Å². The van der Waals surface area contributed by atoms with Crippen LogP contribution in [0.4, 0.5) is 0 Å². The van der Waals surface area contributed by atoms with Gasteiger partial charge in [0.15, 0.2) is 5.75 Å². The predicted octanol–water partition coefficient (Wildman–Crippen LogP) is -0.414. The number of aromatic amines is 1. The van der Waals surface area contributed by atoms with Crippen molar-refractivity contribution >= 4 is 46.3 Å². The van der Waals surface area contributed by atoms with Gasteiger partial charge in [-0.3, -0.25) is 4.89 Å². The first kappa shape index (κ1) is 21.9. The number of fused-ring (bicyclic) bond motifs is 1. The Morgan fingerprint density at radius 1 is 1.11 bits per heavy atom. The lowest BCUT2D eigenvalue weighted by molar-refractivity contribution is -0.336. The molecule has 0 saturated heterocycles. The molecule has 3 rings (SSSR count). The van der Waals surface area contributed by atoms with E-state index in [4.69, 9.17) is 16.1 Å². The number of aliphatic hydroxyl groups excluding tert-OH is 5. The molecule has 7 atom stereocenters. The molecule has 0 aliphatic heterocycles. The molecule has 1 aromatic carbocycles. The molecule has 1 aromatic heterocycles. The number of phosphoric ester groups is 1. The quantitative estimate of drug-likeness (QED) is 0.200. The van der Waals surface area contributed by atoms with Crippen LogP contribution in [-0.2, 0) is 9.09 Å². The molecule has 0 radical (unpaired) electrons. The minimum Gasteiger partial charge on any atom is -0.402 e. The van der Waals surface area contributed by atoms with Gasteiger partial charge in [-0.15, -0.1) is 0 Å². The fourth-order valence-corrected chi connectivity index (χ4v) is 4.48. The first-order chi connectivity index (χ1) is 12.9. The van der Waals surface area contributed by atoms with Crippen LogP contribution in [0.25, 0.3) is 10.9 Å². The average Bonchev–Trinajstić information content (AvgIpc) is 3.02. The van der Waals surface area contributed by atoms with Gasteiger partial charge in [0.1, 0.15) is 30.5 Å². The largest absolute Gasteiger partial charge is 0.530 e. The lowest BCUT2D eigenvalue weighted by atomic mass is 9.82. The third-order valence-corrected chi connectivity index (χ3v) is 6.60. The SMILES string of the molecule is O=P(O)(Oc1c[nH]c2ccc(Br)c(Cl)c12)OC1(O)[C@H](O)[C@H](O)C(O)[C@H](O)[C@H]1O. The van der Waals surface area contributed by atoms with E-state index in [1.54, 1.807) is 12.1 Å². The molecule has 0 bridgehead atoms. The molecule has 1 aliphatic carbocycles. The third-order valence-electron chi connectivity index (χ3n) is 4.37. The van der Waals surface area contributed by atoms with Gasteiger partial charge in [0.05, 0.1) is 15.9 Å². The number of nitrogens with one attached hydrogen (secondary N) is 1. The van der Waals surface area contributed by atoms with Crippen molar-refractivity contribution < 1.29 is 49.1 Å². The summed E-state index contributed by atoms with van der Waals surface area (Å²) in [5, 5.41) is 59.4. The zero-order chi connectivity index (χ0) is 21.0. The van der Waals surface area contributed by atoms with Crippen LogP contribution in [0.5, 0.6) is 5.75 Å². The fourth-order valence-electron chi connectivity index (χ4n) is 2.87. The molecule has 0 spiro atoms. The maximum absolute atomic E-state index is 12.4. The minimum atomic E-state index is -5.27. The summed E-state index contributed by atoms with van der Waals surface area (Å²) in [6.45, 7) is 0. The molecular formula is C14H16BrClNO10P. The van der Waals surface area contributed by atoms with Crippen LogP contribution in [0.3, 0.4) is 0 Å². The van der Waals surface area contributed by atoms with E-state index in [1.165, 1.54) is 6.20 Å². The number of hydrogen-bond donors (Lipinski definition) is 8. The highest BCUT2D eigenvalue weighted by Crippen LogP contribution is 2.52. The number of rotatable bonds is 4. The van der Waals surface area contributed by atoms with Crippen molar-refractivity contribution in [2.24, 2.45) is 0 Å². The summed E-state index contributed by atoms with van der Waals surface area (Å²) in [6.07, 6.45) is -10.2. The van der Waals surface area contributed by atoms with Crippen molar-refractivity contribution in [3.05, 3.63) is 27.8 Å². The second-order valence-electron chi connectivity index (χ2n) is 6.20. The van der Waals surface area contributed by atoms with E-state index in [1.807, 2.05) is 0 Å². The van der Waals surface area contributed by atoms with E-state index in [0.29, 0.717) is 9.99 Å². The molecule has 28 heavy (non-hydrogen) atoms.